The van der Waals surface area contributed by atoms with Crippen molar-refractivity contribution in [2.45, 2.75) is 26.7 Å². The number of hydrogen-bond acceptors (Lipinski definition) is 1. The Morgan fingerprint density at radius 2 is 1.44 bits per heavy atom. The average Bonchev–Trinajstić information content (AvgIpc) is 1.89. The van der Waals surface area contributed by atoms with Crippen LogP contribution in [-0.4, -0.2) is 0 Å². The second kappa shape index (κ2) is 7.28. The molecule has 0 aromatic rings. The van der Waals surface area contributed by atoms with Crippen LogP contribution < -0.4 is 5.32 Å². The Morgan fingerprint density at radius 1 is 1.00 bits per heavy atom. The lowest BCUT2D eigenvalue weighted by atomic mass is 10.4. The minimum Gasteiger partial charge on any atom is -0.368 e. The highest BCUT2D eigenvalue weighted by Crippen LogP contribution is 1.77. The molecule has 0 fully saturated rings. The van der Waals surface area contributed by atoms with Crippen molar-refractivity contribution < 1.29 is 0 Å². The van der Waals surface area contributed by atoms with Gasteiger partial charge in [0.2, 0.25) is 0 Å². The predicted octanol–water partition coefficient (Wildman–Crippen LogP) is 2.42. The Hall–Kier alpha value is -0.720. The molecule has 0 radical (unpaired) electrons. The van der Waals surface area contributed by atoms with E-state index in [-0.39, 0.29) is 0 Å². The highest BCUT2D eigenvalue weighted by molar-refractivity contribution is 4.86. The van der Waals surface area contributed by atoms with Crippen molar-refractivity contribution in [2.75, 3.05) is 0 Å². The molecule has 52 valence electrons. The van der Waals surface area contributed by atoms with Crippen LogP contribution in [0.1, 0.15) is 26.7 Å². The van der Waals surface area contributed by atoms with E-state index in [2.05, 4.69) is 31.3 Å². The first-order valence-electron chi connectivity index (χ1n) is 3.47. The first kappa shape index (κ1) is 8.28. The standard InChI is InChI=1S/C8H15N/c1-3-5-7-9-8-6-4-2/h5-9H,3-4H2,1-2H3/b7-5+,8-6+. The van der Waals surface area contributed by atoms with E-state index < -0.39 is 0 Å². The van der Waals surface area contributed by atoms with Gasteiger partial charge in [0.15, 0.2) is 0 Å². The zero-order valence-corrected chi connectivity index (χ0v) is 6.22. The molecule has 0 aliphatic heterocycles. The maximum Gasteiger partial charge on any atom is -0.00359 e. The molecule has 0 aliphatic rings. The molecular formula is C8H15N. The largest absolute Gasteiger partial charge is 0.368 e. The molecule has 0 aromatic carbocycles. The van der Waals surface area contributed by atoms with Crippen LogP contribution in [0.15, 0.2) is 24.6 Å². The number of rotatable bonds is 4. The lowest BCUT2D eigenvalue weighted by molar-refractivity contribution is 1.11. The monoisotopic (exact) mass is 125 g/mol. The van der Waals surface area contributed by atoms with Gasteiger partial charge in [-0.1, -0.05) is 26.0 Å². The molecule has 0 saturated heterocycles. The Balaban J connectivity index is 3.08. The van der Waals surface area contributed by atoms with Crippen LogP contribution in [0, 0.1) is 0 Å². The fourth-order valence-corrected chi connectivity index (χ4v) is 0.427. The summed E-state index contributed by atoms with van der Waals surface area (Å²) in [4.78, 5) is 0. The Labute approximate surface area is 57.5 Å². The number of allylic oxidation sites excluding steroid dienone is 2. The maximum absolute atomic E-state index is 3.03. The van der Waals surface area contributed by atoms with Crippen LogP contribution >= 0.6 is 0 Å². The fourth-order valence-electron chi connectivity index (χ4n) is 0.427. The summed E-state index contributed by atoms with van der Waals surface area (Å²) in [6, 6.07) is 0. The van der Waals surface area contributed by atoms with E-state index in [4.69, 9.17) is 0 Å². The summed E-state index contributed by atoms with van der Waals surface area (Å²) < 4.78 is 0. The normalized spacial score (nSPS) is 11.3. The van der Waals surface area contributed by atoms with Gasteiger partial charge in [0.05, 0.1) is 0 Å². The summed E-state index contributed by atoms with van der Waals surface area (Å²) in [5.41, 5.74) is 0. The molecule has 1 N–H and O–H groups in total. The van der Waals surface area contributed by atoms with E-state index in [1.165, 1.54) is 0 Å². The van der Waals surface area contributed by atoms with Crippen LogP contribution in [0.25, 0.3) is 0 Å². The van der Waals surface area contributed by atoms with Crippen LogP contribution in [0.3, 0.4) is 0 Å². The first-order valence-corrected chi connectivity index (χ1v) is 3.47. The molecule has 0 amide bonds. The number of hydrogen-bond donors (Lipinski definition) is 1. The van der Waals surface area contributed by atoms with Gasteiger partial charge in [-0.3, -0.25) is 0 Å². The van der Waals surface area contributed by atoms with E-state index in [1.54, 1.807) is 0 Å². The molecule has 0 aromatic heterocycles. The third-order valence-electron chi connectivity index (χ3n) is 0.900. The predicted molar refractivity (Wildman–Crippen MR) is 42.0 cm³/mol. The van der Waals surface area contributed by atoms with Gasteiger partial charge in [-0.25, -0.2) is 0 Å². The van der Waals surface area contributed by atoms with Crippen molar-refractivity contribution in [1.29, 1.82) is 0 Å². The molecule has 1 nitrogen and oxygen atoms in total. The zero-order valence-electron chi connectivity index (χ0n) is 6.22. The fraction of sp³-hybridized carbons (Fsp3) is 0.500. The summed E-state index contributed by atoms with van der Waals surface area (Å²) in [6.07, 6.45) is 10.2. The SMILES string of the molecule is CC/C=C/N/C=C/CC. The molecule has 0 unspecified atom stereocenters. The van der Waals surface area contributed by atoms with Gasteiger partial charge >= 0.3 is 0 Å². The lowest BCUT2D eigenvalue weighted by Gasteiger charge is -1.85. The molecule has 0 saturated carbocycles. The van der Waals surface area contributed by atoms with Crippen LogP contribution in [-0.2, 0) is 0 Å². The van der Waals surface area contributed by atoms with Crippen molar-refractivity contribution in [3.8, 4) is 0 Å². The second-order valence-electron chi connectivity index (χ2n) is 1.79. The molecule has 0 aliphatic carbocycles. The molecule has 9 heavy (non-hydrogen) atoms. The Morgan fingerprint density at radius 3 is 1.78 bits per heavy atom. The minimum absolute atomic E-state index is 1.09. The van der Waals surface area contributed by atoms with Crippen molar-refractivity contribution in [3.05, 3.63) is 24.6 Å². The highest BCUT2D eigenvalue weighted by atomic mass is 14.8. The third kappa shape index (κ3) is 7.28. The van der Waals surface area contributed by atoms with Gasteiger partial charge in [-0.05, 0) is 25.2 Å². The molecule has 0 bridgehead atoms. The molecule has 0 rings (SSSR count). The third-order valence-corrected chi connectivity index (χ3v) is 0.900. The van der Waals surface area contributed by atoms with Gasteiger partial charge in [-0.2, -0.15) is 0 Å². The molecule has 0 atom stereocenters. The minimum atomic E-state index is 1.09. The average molecular weight is 125 g/mol. The van der Waals surface area contributed by atoms with Crippen molar-refractivity contribution in [2.24, 2.45) is 0 Å². The summed E-state index contributed by atoms with van der Waals surface area (Å²) in [6.45, 7) is 4.23. The van der Waals surface area contributed by atoms with Crippen molar-refractivity contribution in [1.82, 2.24) is 5.32 Å². The van der Waals surface area contributed by atoms with E-state index in [0.29, 0.717) is 0 Å². The maximum atomic E-state index is 3.03. The topological polar surface area (TPSA) is 12.0 Å². The van der Waals surface area contributed by atoms with Crippen LogP contribution in [0.2, 0.25) is 0 Å². The number of nitrogens with one attached hydrogen (secondary N) is 1. The lowest BCUT2D eigenvalue weighted by Crippen LogP contribution is -1.89. The summed E-state index contributed by atoms with van der Waals surface area (Å²) in [5, 5.41) is 3.03. The highest BCUT2D eigenvalue weighted by Gasteiger charge is 1.64. The van der Waals surface area contributed by atoms with Gasteiger partial charge in [-0.15, -0.1) is 0 Å². The van der Waals surface area contributed by atoms with Gasteiger partial charge in [0.1, 0.15) is 0 Å². The summed E-state index contributed by atoms with van der Waals surface area (Å²) in [7, 11) is 0. The van der Waals surface area contributed by atoms with E-state index in [9.17, 15) is 0 Å². The Bertz CT molecular complexity index is 80.7. The molecule has 0 spiro atoms. The van der Waals surface area contributed by atoms with Crippen LogP contribution in [0.4, 0.5) is 0 Å². The quantitative estimate of drug-likeness (QED) is 0.608. The van der Waals surface area contributed by atoms with E-state index in [1.807, 2.05) is 12.4 Å². The Kier molecular flexibility index (Phi) is 6.70. The summed E-state index contributed by atoms with van der Waals surface area (Å²) in [5.74, 6) is 0. The van der Waals surface area contributed by atoms with E-state index >= 15 is 0 Å². The van der Waals surface area contributed by atoms with Gasteiger partial charge in [0, 0.05) is 0 Å². The smallest absolute Gasteiger partial charge is 0.00359 e. The van der Waals surface area contributed by atoms with Gasteiger partial charge in [0.25, 0.3) is 0 Å². The molecule has 0 heterocycles. The summed E-state index contributed by atoms with van der Waals surface area (Å²) >= 11 is 0. The zero-order chi connectivity index (χ0) is 6.95. The second-order valence-corrected chi connectivity index (χ2v) is 1.79. The van der Waals surface area contributed by atoms with Crippen molar-refractivity contribution in [3.63, 3.8) is 0 Å². The molecule has 1 heteroatoms. The van der Waals surface area contributed by atoms with E-state index in [0.717, 1.165) is 12.8 Å². The van der Waals surface area contributed by atoms with Crippen molar-refractivity contribution >= 4 is 0 Å². The molecular weight excluding hydrogens is 110 g/mol. The van der Waals surface area contributed by atoms with Crippen LogP contribution in [0.5, 0.6) is 0 Å². The van der Waals surface area contributed by atoms with Gasteiger partial charge < -0.3 is 5.32 Å². The first-order chi connectivity index (χ1) is 4.41.